The van der Waals surface area contributed by atoms with Gasteiger partial charge >= 0.3 is 5.97 Å². The molecule has 1 aliphatic carbocycles. The first-order valence-corrected chi connectivity index (χ1v) is 19.4. The minimum atomic E-state index is -1.15. The van der Waals surface area contributed by atoms with Gasteiger partial charge in [0.1, 0.15) is 5.75 Å². The van der Waals surface area contributed by atoms with Crippen LogP contribution in [0.3, 0.4) is 0 Å². The molecule has 3 aliphatic rings. The van der Waals surface area contributed by atoms with Crippen LogP contribution in [0.4, 0.5) is 10.2 Å². The Morgan fingerprint density at radius 3 is 2.24 bits per heavy atom. The number of hydrogen-bond acceptors (Lipinski definition) is 6. The molecule has 5 aromatic rings. The molecular weight excluding hydrogens is 676 g/mol. The SMILES string of the molecule is O=Cc1cc(N2CCC(N3CC(CCOc4ccc(C5c6ccc(Cc7ccccc7)cc6CCC5c5ccccc5)cc4)C3)CC2)ccc1C(=O)OF. The molecular formula is C47H47FN2O4. The predicted molar refractivity (Wildman–Crippen MR) is 210 cm³/mol. The van der Waals surface area contributed by atoms with Crippen LogP contribution in [-0.2, 0) is 17.8 Å². The number of halogens is 1. The van der Waals surface area contributed by atoms with Crippen molar-refractivity contribution in [1.29, 1.82) is 0 Å². The van der Waals surface area contributed by atoms with Crippen molar-refractivity contribution in [3.8, 4) is 5.75 Å². The summed E-state index contributed by atoms with van der Waals surface area (Å²) in [5.41, 5.74) is 9.35. The third kappa shape index (κ3) is 7.83. The Hall–Kier alpha value is -5.27. The summed E-state index contributed by atoms with van der Waals surface area (Å²) < 4.78 is 18.7. The van der Waals surface area contributed by atoms with Crippen LogP contribution in [0, 0.1) is 5.92 Å². The minimum absolute atomic E-state index is 0.0604. The summed E-state index contributed by atoms with van der Waals surface area (Å²) in [7, 11) is 0. The first-order valence-electron chi connectivity index (χ1n) is 19.4. The zero-order valence-electron chi connectivity index (χ0n) is 30.6. The van der Waals surface area contributed by atoms with Crippen LogP contribution in [0.1, 0.15) is 91.6 Å². The third-order valence-electron chi connectivity index (χ3n) is 12.0. The molecule has 0 spiro atoms. The van der Waals surface area contributed by atoms with Crippen molar-refractivity contribution in [2.24, 2.45) is 5.92 Å². The fourth-order valence-corrected chi connectivity index (χ4v) is 9.05. The van der Waals surface area contributed by atoms with Crippen molar-refractivity contribution in [1.82, 2.24) is 4.90 Å². The Labute approximate surface area is 317 Å². The van der Waals surface area contributed by atoms with Crippen LogP contribution in [0.25, 0.3) is 0 Å². The Bertz CT molecular complexity index is 2040. The molecule has 6 nitrogen and oxygen atoms in total. The molecule has 7 heteroatoms. The number of ether oxygens (including phenoxy) is 1. The van der Waals surface area contributed by atoms with E-state index in [9.17, 15) is 14.1 Å². The lowest BCUT2D eigenvalue weighted by molar-refractivity contribution is -0.0788. The highest BCUT2D eigenvalue weighted by molar-refractivity contribution is 5.98. The number of piperidine rings is 1. The van der Waals surface area contributed by atoms with Crippen molar-refractivity contribution in [3.63, 3.8) is 0 Å². The monoisotopic (exact) mass is 722 g/mol. The minimum Gasteiger partial charge on any atom is -0.494 e. The van der Waals surface area contributed by atoms with Crippen molar-refractivity contribution in [2.45, 2.75) is 56.4 Å². The van der Waals surface area contributed by atoms with E-state index in [0.29, 0.717) is 36.7 Å². The van der Waals surface area contributed by atoms with Crippen LogP contribution >= 0.6 is 0 Å². The third-order valence-corrected chi connectivity index (χ3v) is 12.0. The Balaban J connectivity index is 0.840. The van der Waals surface area contributed by atoms with E-state index in [1.165, 1.54) is 39.4 Å². The Morgan fingerprint density at radius 2 is 1.52 bits per heavy atom. The number of hydrogen-bond donors (Lipinski definition) is 0. The summed E-state index contributed by atoms with van der Waals surface area (Å²) in [6, 6.07) is 43.2. The first kappa shape index (κ1) is 35.7. The summed E-state index contributed by atoms with van der Waals surface area (Å²) >= 11 is 0. The summed E-state index contributed by atoms with van der Waals surface area (Å²) in [6.45, 7) is 4.63. The summed E-state index contributed by atoms with van der Waals surface area (Å²) in [4.78, 5) is 31.3. The van der Waals surface area contributed by atoms with Gasteiger partial charge in [-0.05, 0) is 114 Å². The van der Waals surface area contributed by atoms with Gasteiger partial charge in [0.05, 0.1) is 12.2 Å². The van der Waals surface area contributed by atoms with Gasteiger partial charge in [0.2, 0.25) is 0 Å². The molecule has 276 valence electrons. The summed E-state index contributed by atoms with van der Waals surface area (Å²) in [5.74, 6) is 1.14. The second-order valence-corrected chi connectivity index (χ2v) is 15.2. The number of aldehydes is 1. The maximum Gasteiger partial charge on any atom is 0.380 e. The van der Waals surface area contributed by atoms with Gasteiger partial charge < -0.3 is 9.64 Å². The lowest BCUT2D eigenvalue weighted by Crippen LogP contribution is -2.55. The second kappa shape index (κ2) is 16.4. The average Bonchev–Trinajstić information content (AvgIpc) is 3.21. The molecule has 2 aliphatic heterocycles. The number of fused-ring (bicyclic) bond motifs is 1. The van der Waals surface area contributed by atoms with Crippen LogP contribution in [0.5, 0.6) is 5.75 Å². The largest absolute Gasteiger partial charge is 0.494 e. The maximum absolute atomic E-state index is 12.4. The van der Waals surface area contributed by atoms with Crippen molar-refractivity contribution >= 4 is 17.9 Å². The normalized spacial score (nSPS) is 19.1. The van der Waals surface area contributed by atoms with Gasteiger partial charge in [0.25, 0.3) is 0 Å². The van der Waals surface area contributed by atoms with E-state index in [2.05, 4.69) is 118 Å². The molecule has 0 aromatic heterocycles. The van der Waals surface area contributed by atoms with Crippen LogP contribution < -0.4 is 9.64 Å². The quantitative estimate of drug-likeness (QED) is 0.120. The molecule has 2 atom stereocenters. The lowest BCUT2D eigenvalue weighted by Gasteiger charge is -2.47. The van der Waals surface area contributed by atoms with E-state index in [1.54, 1.807) is 12.1 Å². The molecule has 5 aromatic carbocycles. The lowest BCUT2D eigenvalue weighted by atomic mass is 9.69. The molecule has 0 bridgehead atoms. The highest BCUT2D eigenvalue weighted by Gasteiger charge is 2.35. The average molecular weight is 723 g/mol. The smallest absolute Gasteiger partial charge is 0.380 e. The summed E-state index contributed by atoms with van der Waals surface area (Å²) in [5, 5.41) is 0. The molecule has 2 unspecified atom stereocenters. The highest BCUT2D eigenvalue weighted by atomic mass is 19.3. The van der Waals surface area contributed by atoms with Crippen LogP contribution in [0.2, 0.25) is 0 Å². The number of nitrogens with zero attached hydrogens (tertiary/aromatic N) is 2. The molecule has 0 amide bonds. The van der Waals surface area contributed by atoms with Gasteiger partial charge in [-0.15, -0.1) is 0 Å². The number of benzene rings is 5. The van der Waals surface area contributed by atoms with E-state index < -0.39 is 5.97 Å². The molecule has 54 heavy (non-hydrogen) atoms. The van der Waals surface area contributed by atoms with Gasteiger partial charge in [0, 0.05) is 53.9 Å². The molecule has 0 saturated carbocycles. The zero-order valence-corrected chi connectivity index (χ0v) is 30.6. The number of aryl methyl sites for hydroxylation is 1. The molecule has 0 N–H and O–H groups in total. The standard InChI is InChI=1S/C47H47FN2O4/c48-54-47(52)45-20-15-41(29-39(45)32-51)49-24-21-40(22-25-49)50-30-35(31-50)23-26-53-42-16-12-37(13-17-42)46-43(36-9-5-2-6-10-36)19-14-38-28-34(11-18-44(38)46)27-33-7-3-1-4-8-33/h1-13,15-18,20,28-29,32,35,40,43,46H,14,19,21-27,30-31H2. The molecule has 2 saturated heterocycles. The Kier molecular flexibility index (Phi) is 10.9. The fourth-order valence-electron chi connectivity index (χ4n) is 9.05. The van der Waals surface area contributed by atoms with Gasteiger partial charge in [-0.25, -0.2) is 9.74 Å². The van der Waals surface area contributed by atoms with Crippen LogP contribution in [-0.4, -0.2) is 56.0 Å². The van der Waals surface area contributed by atoms with Gasteiger partial charge in [-0.2, -0.15) is 0 Å². The van der Waals surface area contributed by atoms with E-state index in [-0.39, 0.29) is 11.1 Å². The zero-order chi connectivity index (χ0) is 36.9. The number of rotatable bonds is 12. The number of carbonyl (C=O) groups is 2. The molecule has 0 radical (unpaired) electrons. The van der Waals surface area contributed by atoms with Crippen LogP contribution in [0.15, 0.2) is 121 Å². The van der Waals surface area contributed by atoms with Crippen molar-refractivity contribution in [2.75, 3.05) is 37.7 Å². The Morgan fingerprint density at radius 1 is 0.778 bits per heavy atom. The van der Waals surface area contributed by atoms with E-state index in [0.717, 1.165) is 76.1 Å². The van der Waals surface area contributed by atoms with Gasteiger partial charge in [-0.1, -0.05) is 91.0 Å². The molecule has 2 fully saturated rings. The van der Waals surface area contributed by atoms with E-state index in [4.69, 9.17) is 4.74 Å². The number of likely N-dealkylation sites (tertiary alicyclic amines) is 1. The van der Waals surface area contributed by atoms with Crippen molar-refractivity contribution < 1.29 is 23.8 Å². The number of anilines is 1. The maximum atomic E-state index is 12.4. The predicted octanol–water partition coefficient (Wildman–Crippen LogP) is 9.36. The fraction of sp³-hybridized carbons (Fsp3) is 0.319. The number of carbonyl (C=O) groups excluding carboxylic acids is 2. The first-order chi connectivity index (χ1) is 26.6. The van der Waals surface area contributed by atoms with Gasteiger partial charge in [-0.3, -0.25) is 9.69 Å². The second-order valence-electron chi connectivity index (χ2n) is 15.2. The summed E-state index contributed by atoms with van der Waals surface area (Å²) in [6.07, 6.45) is 6.85. The topological polar surface area (TPSA) is 59.1 Å². The molecule has 8 rings (SSSR count). The van der Waals surface area contributed by atoms with Crippen molar-refractivity contribution in [3.05, 3.63) is 166 Å². The van der Waals surface area contributed by atoms with Gasteiger partial charge in [0.15, 0.2) is 6.29 Å². The van der Waals surface area contributed by atoms with E-state index in [1.807, 2.05) is 0 Å². The van der Waals surface area contributed by atoms with E-state index >= 15 is 0 Å². The molecule has 2 heterocycles. The highest BCUT2D eigenvalue weighted by Crippen LogP contribution is 2.47.